The molecule has 0 saturated carbocycles. The largest absolute Gasteiger partial charge is 0.481 e. The van der Waals surface area contributed by atoms with Gasteiger partial charge in [0.25, 0.3) is 0 Å². The minimum Gasteiger partial charge on any atom is -0.481 e. The van der Waals surface area contributed by atoms with Gasteiger partial charge in [-0.3, -0.25) is 4.79 Å². The summed E-state index contributed by atoms with van der Waals surface area (Å²) in [5.74, 6) is -2.34. The highest BCUT2D eigenvalue weighted by Gasteiger charge is 2.44. The van der Waals surface area contributed by atoms with Gasteiger partial charge in [-0.05, 0) is 18.6 Å². The highest BCUT2D eigenvalue weighted by molar-refractivity contribution is 7.99. The third kappa shape index (κ3) is 4.21. The van der Waals surface area contributed by atoms with E-state index in [1.165, 1.54) is 0 Å². The Morgan fingerprint density at radius 3 is 2.69 bits per heavy atom. The smallest absolute Gasteiger partial charge is 0.403 e. The molecule has 94 valence electrons. The number of hydrogen-bond donors (Lipinski definition) is 2. The summed E-state index contributed by atoms with van der Waals surface area (Å²) in [4.78, 5) is 10.5. The van der Waals surface area contributed by atoms with Gasteiger partial charge in [-0.2, -0.15) is 24.9 Å². The molecule has 2 unspecified atom stereocenters. The summed E-state index contributed by atoms with van der Waals surface area (Å²) >= 11 is 1.68. The van der Waals surface area contributed by atoms with Gasteiger partial charge in [0.05, 0.1) is 0 Å². The van der Waals surface area contributed by atoms with Gasteiger partial charge in [0.15, 0.2) is 5.92 Å². The van der Waals surface area contributed by atoms with Crippen LogP contribution in [-0.4, -0.2) is 41.3 Å². The zero-order chi connectivity index (χ0) is 12.2. The molecule has 2 N–H and O–H groups in total. The normalized spacial score (nSPS) is 24.1. The van der Waals surface area contributed by atoms with Crippen molar-refractivity contribution in [2.45, 2.75) is 25.1 Å². The number of carbonyl (C=O) groups is 1. The number of alkyl halides is 3. The lowest BCUT2D eigenvalue weighted by Gasteiger charge is -2.25. The predicted octanol–water partition coefficient (Wildman–Crippen LogP) is 1.73. The fourth-order valence-corrected chi connectivity index (χ4v) is 2.64. The predicted molar refractivity (Wildman–Crippen MR) is 55.5 cm³/mol. The maximum Gasteiger partial charge on any atom is 0.403 e. The van der Waals surface area contributed by atoms with E-state index in [2.05, 4.69) is 5.32 Å². The van der Waals surface area contributed by atoms with E-state index < -0.39 is 24.6 Å². The number of nitrogens with one attached hydrogen (secondary N) is 1. The van der Waals surface area contributed by atoms with Crippen molar-refractivity contribution in [3.05, 3.63) is 0 Å². The fraction of sp³-hybridized carbons (Fsp3) is 0.889. The van der Waals surface area contributed by atoms with Crippen molar-refractivity contribution in [1.82, 2.24) is 5.32 Å². The molecule has 0 spiro atoms. The molecule has 16 heavy (non-hydrogen) atoms. The molecular weight excluding hydrogens is 243 g/mol. The van der Waals surface area contributed by atoms with E-state index in [1.807, 2.05) is 0 Å². The van der Waals surface area contributed by atoms with Crippen LogP contribution in [0.3, 0.4) is 0 Å². The first-order chi connectivity index (χ1) is 7.41. The van der Waals surface area contributed by atoms with E-state index in [4.69, 9.17) is 5.11 Å². The second-order valence-corrected chi connectivity index (χ2v) is 4.90. The highest BCUT2D eigenvalue weighted by atomic mass is 32.2. The lowest BCUT2D eigenvalue weighted by Crippen LogP contribution is -2.44. The molecule has 3 nitrogen and oxygen atoms in total. The van der Waals surface area contributed by atoms with Crippen molar-refractivity contribution in [3.8, 4) is 0 Å². The summed E-state index contributed by atoms with van der Waals surface area (Å²) in [5.41, 5.74) is 0. The topological polar surface area (TPSA) is 49.3 Å². The number of halogens is 3. The van der Waals surface area contributed by atoms with Crippen molar-refractivity contribution < 1.29 is 23.1 Å². The Morgan fingerprint density at radius 1 is 1.56 bits per heavy atom. The van der Waals surface area contributed by atoms with Gasteiger partial charge in [0, 0.05) is 18.3 Å². The Morgan fingerprint density at radius 2 is 2.25 bits per heavy atom. The molecule has 1 heterocycles. The second-order valence-electron chi connectivity index (χ2n) is 3.75. The molecule has 1 aliphatic heterocycles. The van der Waals surface area contributed by atoms with Crippen LogP contribution in [-0.2, 0) is 4.79 Å². The quantitative estimate of drug-likeness (QED) is 0.805. The summed E-state index contributed by atoms with van der Waals surface area (Å²) in [6.45, 7) is -0.538. The van der Waals surface area contributed by atoms with Crippen molar-refractivity contribution in [2.75, 3.05) is 18.1 Å². The molecule has 1 saturated heterocycles. The lowest BCUT2D eigenvalue weighted by atomic mass is 10.1. The summed E-state index contributed by atoms with van der Waals surface area (Å²) in [5, 5.41) is 11.2. The van der Waals surface area contributed by atoms with Crippen molar-refractivity contribution >= 4 is 17.7 Å². The first kappa shape index (κ1) is 13.6. The average Bonchev–Trinajstić information content (AvgIpc) is 2.17. The Balaban J connectivity index is 2.40. The van der Waals surface area contributed by atoms with Gasteiger partial charge in [0.2, 0.25) is 0 Å². The minimum atomic E-state index is -4.68. The first-order valence-corrected chi connectivity index (χ1v) is 6.17. The van der Waals surface area contributed by atoms with Crippen molar-refractivity contribution in [1.29, 1.82) is 0 Å². The Hall–Kier alpha value is -0.430. The Bertz CT molecular complexity index is 241. The summed E-state index contributed by atoms with van der Waals surface area (Å²) in [6.07, 6.45) is -2.90. The van der Waals surface area contributed by atoms with Gasteiger partial charge in [0.1, 0.15) is 0 Å². The SMILES string of the molecule is O=C(O)C(CNC1CCCSC1)C(F)(F)F. The number of carboxylic acid groups (broad SMARTS) is 1. The minimum absolute atomic E-state index is 0.00273. The molecule has 0 bridgehead atoms. The molecule has 0 aromatic carbocycles. The van der Waals surface area contributed by atoms with E-state index in [0.29, 0.717) is 0 Å². The van der Waals surface area contributed by atoms with Crippen molar-refractivity contribution in [2.24, 2.45) is 5.92 Å². The van der Waals surface area contributed by atoms with E-state index in [0.717, 1.165) is 24.3 Å². The Labute approximate surface area is 95.8 Å². The molecule has 1 aliphatic rings. The summed E-state index contributed by atoms with van der Waals surface area (Å²) < 4.78 is 36.9. The zero-order valence-electron chi connectivity index (χ0n) is 8.59. The standard InChI is InChI=1S/C9H14F3NO2S/c10-9(11,12)7(8(14)15)4-13-6-2-1-3-16-5-6/h6-7,13H,1-5H2,(H,14,15). The summed E-state index contributed by atoms with van der Waals surface area (Å²) in [7, 11) is 0. The van der Waals surface area contributed by atoms with Crippen LogP contribution in [0, 0.1) is 5.92 Å². The van der Waals surface area contributed by atoms with E-state index in [1.54, 1.807) is 11.8 Å². The Kier molecular flexibility index (Phi) is 4.91. The van der Waals surface area contributed by atoms with Crippen LogP contribution in [0.1, 0.15) is 12.8 Å². The van der Waals surface area contributed by atoms with Crippen LogP contribution in [0.5, 0.6) is 0 Å². The van der Waals surface area contributed by atoms with Crippen molar-refractivity contribution in [3.63, 3.8) is 0 Å². The maximum absolute atomic E-state index is 12.3. The molecule has 0 amide bonds. The van der Waals surface area contributed by atoms with Crippen LogP contribution in [0.2, 0.25) is 0 Å². The maximum atomic E-state index is 12.3. The number of aliphatic carboxylic acids is 1. The number of thioether (sulfide) groups is 1. The summed E-state index contributed by atoms with van der Waals surface area (Å²) in [6, 6.07) is 0.00273. The van der Waals surface area contributed by atoms with E-state index >= 15 is 0 Å². The van der Waals surface area contributed by atoms with E-state index in [-0.39, 0.29) is 6.04 Å². The highest BCUT2D eigenvalue weighted by Crippen LogP contribution is 2.26. The number of carboxylic acids is 1. The van der Waals surface area contributed by atoms with Crippen LogP contribution in [0.25, 0.3) is 0 Å². The molecule has 1 fully saturated rings. The zero-order valence-corrected chi connectivity index (χ0v) is 9.40. The molecule has 1 rings (SSSR count). The van der Waals surface area contributed by atoms with Gasteiger partial charge in [-0.15, -0.1) is 0 Å². The molecule has 0 aromatic heterocycles. The van der Waals surface area contributed by atoms with Crippen LogP contribution in [0.4, 0.5) is 13.2 Å². The third-order valence-corrected chi connectivity index (χ3v) is 3.68. The molecule has 0 aliphatic carbocycles. The monoisotopic (exact) mass is 257 g/mol. The number of hydrogen-bond acceptors (Lipinski definition) is 3. The average molecular weight is 257 g/mol. The first-order valence-electron chi connectivity index (χ1n) is 5.02. The second kappa shape index (κ2) is 5.77. The molecular formula is C9H14F3NO2S. The molecule has 2 atom stereocenters. The van der Waals surface area contributed by atoms with Crippen LogP contribution in [0.15, 0.2) is 0 Å². The molecule has 7 heteroatoms. The van der Waals surface area contributed by atoms with Crippen LogP contribution >= 0.6 is 11.8 Å². The third-order valence-electron chi connectivity index (χ3n) is 2.46. The molecule has 0 radical (unpaired) electrons. The molecule has 0 aromatic rings. The lowest BCUT2D eigenvalue weighted by molar-refractivity contribution is -0.192. The van der Waals surface area contributed by atoms with Gasteiger partial charge < -0.3 is 10.4 Å². The van der Waals surface area contributed by atoms with Gasteiger partial charge in [-0.25, -0.2) is 0 Å². The van der Waals surface area contributed by atoms with Gasteiger partial charge >= 0.3 is 12.1 Å². The van der Waals surface area contributed by atoms with Gasteiger partial charge in [-0.1, -0.05) is 0 Å². The fourth-order valence-electron chi connectivity index (χ4n) is 1.53. The number of rotatable bonds is 4. The van der Waals surface area contributed by atoms with E-state index in [9.17, 15) is 18.0 Å². The van der Waals surface area contributed by atoms with Crippen LogP contribution < -0.4 is 5.32 Å².